The summed E-state index contributed by atoms with van der Waals surface area (Å²) in [7, 11) is 6.05. The summed E-state index contributed by atoms with van der Waals surface area (Å²) in [5, 5.41) is 17.4. The van der Waals surface area contributed by atoms with E-state index in [1.165, 1.54) is 36.1 Å². The SMILES string of the molecule is Fc1ccc(Cl)cc1.[B]C(C)(O)N1C(=C)N(CC)c2cc(NC(=C)c3cc(F)cc(C(F)(F)F)c3)c3c(c21)C(=C)NC3. The van der Waals surface area contributed by atoms with E-state index < -0.39 is 23.2 Å². The Bertz CT molecular complexity index is 1550. The smallest absolute Gasteiger partial charge is 0.381 e. The molecule has 2 aliphatic heterocycles. The number of hydrogen-bond acceptors (Lipinski definition) is 5. The van der Waals surface area contributed by atoms with Crippen molar-refractivity contribution in [2.24, 2.45) is 0 Å². The summed E-state index contributed by atoms with van der Waals surface area (Å²) in [5.41, 5.74) is 1.07. The molecular weight excluding hydrogens is 574 g/mol. The highest BCUT2D eigenvalue weighted by atomic mass is 35.5. The highest BCUT2D eigenvalue weighted by Gasteiger charge is 2.41. The molecule has 42 heavy (non-hydrogen) atoms. The molecule has 1 unspecified atom stereocenters. The number of nitrogens with one attached hydrogen (secondary N) is 2. The Balaban J connectivity index is 0.000000437. The molecule has 0 aliphatic carbocycles. The Morgan fingerprint density at radius 3 is 2.29 bits per heavy atom. The van der Waals surface area contributed by atoms with E-state index in [0.717, 1.165) is 17.7 Å². The number of anilines is 3. The van der Waals surface area contributed by atoms with Gasteiger partial charge in [0.15, 0.2) is 0 Å². The lowest BCUT2D eigenvalue weighted by molar-refractivity contribution is -0.137. The molecule has 0 aromatic heterocycles. The minimum absolute atomic E-state index is 0.0327. The van der Waals surface area contributed by atoms with Gasteiger partial charge in [-0.05, 0) is 62.4 Å². The van der Waals surface area contributed by atoms with E-state index in [0.29, 0.717) is 58.3 Å². The summed E-state index contributed by atoms with van der Waals surface area (Å²) >= 11 is 5.44. The first kappa shape index (κ1) is 31.0. The van der Waals surface area contributed by atoms with Crippen LogP contribution in [0.15, 0.2) is 74.1 Å². The van der Waals surface area contributed by atoms with Gasteiger partial charge in [-0.2, -0.15) is 13.2 Å². The second-order valence-corrected chi connectivity index (χ2v) is 10.3. The number of nitrogens with zero attached hydrogens (tertiary/aromatic N) is 2. The average molecular weight is 601 g/mol. The quantitative estimate of drug-likeness (QED) is 0.210. The molecule has 2 heterocycles. The van der Waals surface area contributed by atoms with Gasteiger partial charge in [-0.1, -0.05) is 31.3 Å². The van der Waals surface area contributed by atoms with Crippen molar-refractivity contribution in [3.05, 3.63) is 113 Å². The average Bonchev–Trinajstić information content (AvgIpc) is 3.41. The summed E-state index contributed by atoms with van der Waals surface area (Å²) in [6, 6.07) is 9.72. The van der Waals surface area contributed by atoms with Gasteiger partial charge in [0, 0.05) is 51.9 Å². The van der Waals surface area contributed by atoms with E-state index in [9.17, 15) is 27.1 Å². The molecule has 0 amide bonds. The van der Waals surface area contributed by atoms with Gasteiger partial charge >= 0.3 is 6.18 Å². The third-order valence-corrected chi connectivity index (χ3v) is 6.94. The Labute approximate surface area is 247 Å². The lowest BCUT2D eigenvalue weighted by atomic mass is 9.90. The van der Waals surface area contributed by atoms with E-state index in [4.69, 9.17) is 19.4 Å². The van der Waals surface area contributed by atoms with Crippen LogP contribution in [0.4, 0.5) is 39.0 Å². The fourth-order valence-electron chi connectivity index (χ4n) is 4.85. The Morgan fingerprint density at radius 2 is 1.74 bits per heavy atom. The van der Waals surface area contributed by atoms with Crippen LogP contribution < -0.4 is 20.4 Å². The third-order valence-electron chi connectivity index (χ3n) is 6.68. The van der Waals surface area contributed by atoms with Crippen molar-refractivity contribution < 1.29 is 27.1 Å². The number of fused-ring (bicyclic) bond motifs is 3. The molecule has 3 aromatic rings. The minimum Gasteiger partial charge on any atom is -0.381 e. The normalized spacial score (nSPS) is 15.4. The molecule has 12 heteroatoms. The Morgan fingerprint density at radius 1 is 1.10 bits per heavy atom. The first-order valence-electron chi connectivity index (χ1n) is 12.7. The molecular formula is C30H27BClF5N4O. The number of benzene rings is 3. The van der Waals surface area contributed by atoms with E-state index in [1.54, 1.807) is 6.07 Å². The highest BCUT2D eigenvalue weighted by Crippen LogP contribution is 2.52. The molecule has 3 N–H and O–H groups in total. The van der Waals surface area contributed by atoms with Gasteiger partial charge in [-0.25, -0.2) is 8.78 Å². The van der Waals surface area contributed by atoms with E-state index in [1.807, 2.05) is 11.8 Å². The number of alkyl halides is 3. The van der Waals surface area contributed by atoms with Gasteiger partial charge in [0.1, 0.15) is 25.3 Å². The minimum atomic E-state index is -4.70. The molecule has 0 saturated heterocycles. The van der Waals surface area contributed by atoms with Gasteiger partial charge in [-0.3, -0.25) is 0 Å². The maximum absolute atomic E-state index is 14.0. The predicted octanol–water partition coefficient (Wildman–Crippen LogP) is 7.43. The summed E-state index contributed by atoms with van der Waals surface area (Å²) in [6.07, 6.45) is -4.70. The molecule has 2 radical (unpaired) electrons. The van der Waals surface area contributed by atoms with E-state index in [2.05, 4.69) is 30.4 Å². The van der Waals surface area contributed by atoms with Crippen LogP contribution in [0.3, 0.4) is 0 Å². The van der Waals surface area contributed by atoms with Crippen LogP contribution >= 0.6 is 11.6 Å². The molecule has 0 saturated carbocycles. The maximum Gasteiger partial charge on any atom is 0.416 e. The van der Waals surface area contributed by atoms with Crippen LogP contribution in [0, 0.1) is 11.6 Å². The fraction of sp³-hybridized carbons (Fsp3) is 0.200. The maximum atomic E-state index is 14.0. The van der Waals surface area contributed by atoms with Crippen LogP contribution in [0.2, 0.25) is 5.02 Å². The topological polar surface area (TPSA) is 50.8 Å². The van der Waals surface area contributed by atoms with Crippen molar-refractivity contribution in [3.8, 4) is 0 Å². The standard InChI is InChI=1S/C24H23BF4N4O.C6H4ClF/c1-6-32-14(4)33(23(5,25)34)22-20(32)10-19(18-11-30-13(3)21(18)22)31-12(2)15-7-16(24(27,28)29)9-17(26)8-15;7-5-1-3-6(8)4-2-5/h7-10,30-31,34H,2-4,6,11H2,1,5H3;1-4H. The Hall–Kier alpha value is -3.96. The number of halogens is 6. The Kier molecular flexibility index (Phi) is 8.39. The van der Waals surface area contributed by atoms with Crippen molar-refractivity contribution in [2.45, 2.75) is 32.2 Å². The summed E-state index contributed by atoms with van der Waals surface area (Å²) in [5.74, 6) is -0.812. The molecule has 5 nitrogen and oxygen atoms in total. The zero-order chi connectivity index (χ0) is 31.1. The second-order valence-electron chi connectivity index (χ2n) is 9.83. The van der Waals surface area contributed by atoms with Gasteiger partial charge < -0.3 is 25.5 Å². The van der Waals surface area contributed by atoms with Crippen LogP contribution in [0.1, 0.15) is 36.1 Å². The van der Waals surface area contributed by atoms with Crippen molar-refractivity contribution in [1.82, 2.24) is 5.32 Å². The fourth-order valence-corrected chi connectivity index (χ4v) is 4.98. The van der Waals surface area contributed by atoms with Crippen molar-refractivity contribution in [2.75, 3.05) is 21.7 Å². The largest absolute Gasteiger partial charge is 0.416 e. The molecule has 1 atom stereocenters. The van der Waals surface area contributed by atoms with Crippen LogP contribution in [-0.4, -0.2) is 25.1 Å². The molecule has 2 aliphatic rings. The summed E-state index contributed by atoms with van der Waals surface area (Å²) in [6.45, 7) is 16.2. The van der Waals surface area contributed by atoms with E-state index in [-0.39, 0.29) is 17.1 Å². The number of hydrogen-bond donors (Lipinski definition) is 3. The van der Waals surface area contributed by atoms with Crippen LogP contribution in [0.25, 0.3) is 11.4 Å². The second kappa shape index (κ2) is 11.4. The summed E-state index contributed by atoms with van der Waals surface area (Å²) in [4.78, 5) is 3.37. The van der Waals surface area contributed by atoms with Gasteiger partial charge in [0.05, 0.1) is 22.6 Å². The molecule has 3 aromatic carbocycles. The van der Waals surface area contributed by atoms with Gasteiger partial charge in [-0.15, -0.1) is 0 Å². The first-order valence-corrected chi connectivity index (χ1v) is 13.1. The van der Waals surface area contributed by atoms with Crippen molar-refractivity contribution in [3.63, 3.8) is 0 Å². The molecule has 5 rings (SSSR count). The molecule has 218 valence electrons. The monoisotopic (exact) mass is 600 g/mol. The molecule has 0 spiro atoms. The van der Waals surface area contributed by atoms with Gasteiger partial charge in [0.2, 0.25) is 0 Å². The summed E-state index contributed by atoms with van der Waals surface area (Å²) < 4.78 is 65.5. The molecule has 0 bridgehead atoms. The zero-order valence-electron chi connectivity index (χ0n) is 22.8. The van der Waals surface area contributed by atoms with Crippen molar-refractivity contribution in [1.29, 1.82) is 0 Å². The van der Waals surface area contributed by atoms with E-state index >= 15 is 0 Å². The lowest BCUT2D eigenvalue weighted by Gasteiger charge is -2.35. The first-order chi connectivity index (χ1) is 19.5. The zero-order valence-corrected chi connectivity index (χ0v) is 23.6. The van der Waals surface area contributed by atoms with Crippen LogP contribution in [-0.2, 0) is 12.7 Å². The number of rotatable bonds is 5. The molecule has 0 fully saturated rings. The van der Waals surface area contributed by atoms with Crippen molar-refractivity contribution >= 4 is 47.9 Å². The third kappa shape index (κ3) is 6.12. The number of aliphatic hydroxyl groups is 1. The van der Waals surface area contributed by atoms with Crippen LogP contribution in [0.5, 0.6) is 0 Å². The van der Waals surface area contributed by atoms with Gasteiger partial charge in [0.25, 0.3) is 0 Å². The lowest BCUT2D eigenvalue weighted by Crippen LogP contribution is -2.47. The highest BCUT2D eigenvalue weighted by molar-refractivity contribution is 6.30. The predicted molar refractivity (Wildman–Crippen MR) is 159 cm³/mol.